The van der Waals surface area contributed by atoms with Crippen molar-refractivity contribution in [1.82, 2.24) is 5.43 Å². The number of rotatable bonds is 5. The van der Waals surface area contributed by atoms with E-state index in [1.807, 2.05) is 61.5 Å². The molecule has 0 atom stereocenters. The smallest absolute Gasteiger partial charge is 0.228 e. The molecule has 6 heteroatoms. The van der Waals surface area contributed by atoms with Crippen LogP contribution >= 0.6 is 12.2 Å². The molecule has 5 nitrogen and oxygen atoms in total. The molecule has 0 aromatic heterocycles. The van der Waals surface area contributed by atoms with Gasteiger partial charge in [0.15, 0.2) is 5.11 Å². The maximum atomic E-state index is 12.0. The zero-order chi connectivity index (χ0) is 16.7. The second kappa shape index (κ2) is 8.05. The van der Waals surface area contributed by atoms with Crippen molar-refractivity contribution in [2.45, 2.75) is 13.3 Å². The van der Waals surface area contributed by atoms with Gasteiger partial charge in [-0.1, -0.05) is 42.5 Å². The van der Waals surface area contributed by atoms with Crippen molar-refractivity contribution >= 4 is 34.6 Å². The molecule has 2 aromatic carbocycles. The number of carbonyl (C=O) groups excluding carboxylic acids is 1. The highest BCUT2D eigenvalue weighted by Gasteiger charge is 2.04. The largest absolute Gasteiger partial charge is 0.375 e. The van der Waals surface area contributed by atoms with E-state index in [0.29, 0.717) is 6.42 Å². The molecule has 23 heavy (non-hydrogen) atoms. The van der Waals surface area contributed by atoms with Gasteiger partial charge in [-0.15, -0.1) is 0 Å². The van der Waals surface area contributed by atoms with E-state index in [2.05, 4.69) is 15.8 Å². The van der Waals surface area contributed by atoms with E-state index in [0.717, 1.165) is 22.5 Å². The quantitative estimate of drug-likeness (QED) is 0.448. The molecule has 2 rings (SSSR count). The summed E-state index contributed by atoms with van der Waals surface area (Å²) in [6.07, 6.45) is 0.348. The topological polar surface area (TPSA) is 79.5 Å². The van der Waals surface area contributed by atoms with Crippen LogP contribution in [0.25, 0.3) is 0 Å². The van der Waals surface area contributed by atoms with Crippen molar-refractivity contribution in [3.63, 3.8) is 0 Å². The van der Waals surface area contributed by atoms with Crippen LogP contribution in [0.3, 0.4) is 0 Å². The number of anilines is 1. The lowest BCUT2D eigenvalue weighted by Gasteiger charge is -2.07. The number of nitrogens with one attached hydrogen (secondary N) is 2. The van der Waals surface area contributed by atoms with Crippen molar-refractivity contribution in [3.8, 4) is 0 Å². The molecule has 118 valence electrons. The first kappa shape index (κ1) is 16.6. The van der Waals surface area contributed by atoms with Gasteiger partial charge in [-0.05, 0) is 42.4 Å². The van der Waals surface area contributed by atoms with Crippen LogP contribution in [0.1, 0.15) is 18.1 Å². The predicted octanol–water partition coefficient (Wildman–Crippen LogP) is 2.43. The molecule has 4 N–H and O–H groups in total. The van der Waals surface area contributed by atoms with Gasteiger partial charge in [0.25, 0.3) is 0 Å². The average Bonchev–Trinajstić information content (AvgIpc) is 2.54. The molecule has 0 heterocycles. The third-order valence-corrected chi connectivity index (χ3v) is 3.22. The average molecular weight is 326 g/mol. The summed E-state index contributed by atoms with van der Waals surface area (Å²) in [6, 6.07) is 17.0. The fourth-order valence-electron chi connectivity index (χ4n) is 1.98. The van der Waals surface area contributed by atoms with E-state index in [1.165, 1.54) is 0 Å². The van der Waals surface area contributed by atoms with Crippen LogP contribution in [0, 0.1) is 0 Å². The fraction of sp³-hybridized carbons (Fsp3) is 0.118. The summed E-state index contributed by atoms with van der Waals surface area (Å²) in [6.45, 7) is 1.84. The molecule has 0 aliphatic rings. The van der Waals surface area contributed by atoms with Crippen LogP contribution in [0.5, 0.6) is 0 Å². The van der Waals surface area contributed by atoms with Gasteiger partial charge in [0.1, 0.15) is 0 Å². The summed E-state index contributed by atoms with van der Waals surface area (Å²) in [5, 5.41) is 7.04. The summed E-state index contributed by atoms with van der Waals surface area (Å²) in [5.41, 5.74) is 11.3. The number of carbonyl (C=O) groups is 1. The molecular weight excluding hydrogens is 308 g/mol. The van der Waals surface area contributed by atoms with Crippen LogP contribution in [0.4, 0.5) is 5.69 Å². The minimum absolute atomic E-state index is 0.0514. The lowest BCUT2D eigenvalue weighted by molar-refractivity contribution is -0.115. The number of thiocarbonyl (C=S) groups is 1. The Morgan fingerprint density at radius 3 is 2.39 bits per heavy atom. The third kappa shape index (κ3) is 5.52. The first-order valence-corrected chi connectivity index (χ1v) is 7.49. The number of hydrazone groups is 1. The normalized spacial score (nSPS) is 10.9. The Hall–Kier alpha value is -2.73. The van der Waals surface area contributed by atoms with Crippen LogP contribution in [0.2, 0.25) is 0 Å². The van der Waals surface area contributed by atoms with Crippen molar-refractivity contribution in [2.24, 2.45) is 10.8 Å². The molecule has 0 unspecified atom stereocenters. The summed E-state index contributed by atoms with van der Waals surface area (Å²) in [4.78, 5) is 12.0. The molecular formula is C17H18N4OS. The highest BCUT2D eigenvalue weighted by atomic mass is 32.1. The van der Waals surface area contributed by atoms with Gasteiger partial charge >= 0.3 is 0 Å². The lowest BCUT2D eigenvalue weighted by atomic mass is 10.1. The first-order chi connectivity index (χ1) is 11.0. The summed E-state index contributed by atoms with van der Waals surface area (Å²) in [7, 11) is 0. The molecule has 0 aliphatic heterocycles. The molecule has 0 spiro atoms. The Morgan fingerprint density at radius 1 is 1.13 bits per heavy atom. The minimum Gasteiger partial charge on any atom is -0.375 e. The standard InChI is InChI=1S/C17H18N4OS/c1-12(20-21-17(18)23)14-7-9-15(10-8-14)19-16(22)11-13-5-3-2-4-6-13/h2-10H,11H2,1H3,(H,19,22)(H3,18,21,23). The van der Waals surface area contributed by atoms with Crippen LogP contribution < -0.4 is 16.5 Å². The number of hydrogen-bond donors (Lipinski definition) is 3. The highest BCUT2D eigenvalue weighted by Crippen LogP contribution is 2.11. The van der Waals surface area contributed by atoms with Gasteiger partial charge in [-0.25, -0.2) is 0 Å². The summed E-state index contributed by atoms with van der Waals surface area (Å²) < 4.78 is 0. The van der Waals surface area contributed by atoms with Gasteiger partial charge in [0, 0.05) is 5.69 Å². The highest BCUT2D eigenvalue weighted by molar-refractivity contribution is 7.80. The third-order valence-electron chi connectivity index (χ3n) is 3.13. The van der Waals surface area contributed by atoms with E-state index in [-0.39, 0.29) is 11.0 Å². The zero-order valence-electron chi connectivity index (χ0n) is 12.7. The molecule has 2 aromatic rings. The monoisotopic (exact) mass is 326 g/mol. The summed E-state index contributed by atoms with van der Waals surface area (Å²) >= 11 is 4.70. The van der Waals surface area contributed by atoms with E-state index < -0.39 is 0 Å². The Balaban J connectivity index is 1.96. The first-order valence-electron chi connectivity index (χ1n) is 7.08. The number of nitrogens with zero attached hydrogens (tertiary/aromatic N) is 1. The van der Waals surface area contributed by atoms with Crippen LogP contribution in [-0.4, -0.2) is 16.7 Å². The fourth-order valence-corrected chi connectivity index (χ4v) is 2.03. The molecule has 0 fully saturated rings. The zero-order valence-corrected chi connectivity index (χ0v) is 13.6. The van der Waals surface area contributed by atoms with Crippen molar-refractivity contribution in [3.05, 3.63) is 65.7 Å². The Morgan fingerprint density at radius 2 is 1.78 bits per heavy atom. The maximum absolute atomic E-state index is 12.0. The second-order valence-corrected chi connectivity index (χ2v) is 5.40. The van der Waals surface area contributed by atoms with Crippen molar-refractivity contribution in [1.29, 1.82) is 0 Å². The van der Waals surface area contributed by atoms with Gasteiger partial charge in [0.05, 0.1) is 12.1 Å². The Bertz CT molecular complexity index is 711. The van der Waals surface area contributed by atoms with E-state index in [4.69, 9.17) is 18.0 Å². The minimum atomic E-state index is -0.0514. The summed E-state index contributed by atoms with van der Waals surface area (Å²) in [5.74, 6) is -0.0514. The van der Waals surface area contributed by atoms with Crippen molar-refractivity contribution < 1.29 is 4.79 Å². The Labute approximate surface area is 140 Å². The number of amides is 1. The molecule has 0 saturated carbocycles. The predicted molar refractivity (Wildman–Crippen MR) is 97.3 cm³/mol. The van der Waals surface area contributed by atoms with E-state index >= 15 is 0 Å². The van der Waals surface area contributed by atoms with Gasteiger partial charge < -0.3 is 11.1 Å². The van der Waals surface area contributed by atoms with Crippen LogP contribution in [0.15, 0.2) is 59.7 Å². The molecule has 1 amide bonds. The van der Waals surface area contributed by atoms with E-state index in [1.54, 1.807) is 0 Å². The van der Waals surface area contributed by atoms with Crippen LogP contribution in [-0.2, 0) is 11.2 Å². The van der Waals surface area contributed by atoms with Gasteiger partial charge in [-0.3, -0.25) is 10.2 Å². The molecule has 0 radical (unpaired) electrons. The SMILES string of the molecule is CC(=NNC(N)=S)c1ccc(NC(=O)Cc2ccccc2)cc1. The lowest BCUT2D eigenvalue weighted by Crippen LogP contribution is -2.25. The van der Waals surface area contributed by atoms with Crippen molar-refractivity contribution in [2.75, 3.05) is 5.32 Å². The number of hydrogen-bond acceptors (Lipinski definition) is 3. The van der Waals surface area contributed by atoms with E-state index in [9.17, 15) is 4.79 Å². The second-order valence-electron chi connectivity index (χ2n) is 4.96. The van der Waals surface area contributed by atoms with Gasteiger partial charge in [-0.2, -0.15) is 5.10 Å². The number of nitrogens with two attached hydrogens (primary N) is 1. The van der Waals surface area contributed by atoms with Gasteiger partial charge in [0.2, 0.25) is 5.91 Å². The molecule has 0 saturated heterocycles. The molecule has 0 aliphatic carbocycles. The Kier molecular flexibility index (Phi) is 5.82. The maximum Gasteiger partial charge on any atom is 0.228 e. The number of benzene rings is 2. The molecule has 0 bridgehead atoms.